The van der Waals surface area contributed by atoms with Crippen molar-refractivity contribution in [2.24, 2.45) is 0 Å². The van der Waals surface area contributed by atoms with Gasteiger partial charge in [0.15, 0.2) is 6.29 Å². The number of likely N-dealkylation sites (N-methyl/N-ethyl adjacent to an activating group) is 1. The van der Waals surface area contributed by atoms with Crippen LogP contribution in [0.1, 0.15) is 15.9 Å². The van der Waals surface area contributed by atoms with Crippen LogP contribution in [0.4, 0.5) is 5.69 Å². The summed E-state index contributed by atoms with van der Waals surface area (Å²) in [5, 5.41) is 2.74. The summed E-state index contributed by atoms with van der Waals surface area (Å²) in [5.41, 5.74) is 2.36. The normalized spacial score (nSPS) is 10.1. The van der Waals surface area contributed by atoms with Crippen LogP contribution in [-0.4, -0.2) is 46.0 Å². The number of carbonyl (C=O) groups excluding carboxylic acids is 2. The standard InChI is InChI=1S/C14H20N2O3/c1-11-4-5-13(12(8-11)10-17)16(2)9-14(18)15-6-7-19-3/h4-5,8,10H,6-7,9H2,1-3H3,(H,15,18). The minimum absolute atomic E-state index is 0.100. The van der Waals surface area contributed by atoms with E-state index in [0.717, 1.165) is 17.5 Å². The number of aldehydes is 1. The Kier molecular flexibility index (Phi) is 6.02. The molecule has 1 amide bonds. The highest BCUT2D eigenvalue weighted by molar-refractivity contribution is 5.87. The number of anilines is 1. The molecule has 1 rings (SSSR count). The highest BCUT2D eigenvalue weighted by Crippen LogP contribution is 2.18. The third kappa shape index (κ3) is 4.71. The van der Waals surface area contributed by atoms with E-state index in [1.54, 1.807) is 19.1 Å². The van der Waals surface area contributed by atoms with Crippen molar-refractivity contribution < 1.29 is 14.3 Å². The smallest absolute Gasteiger partial charge is 0.239 e. The first-order chi connectivity index (χ1) is 9.08. The fourth-order valence-electron chi connectivity index (χ4n) is 1.76. The zero-order valence-electron chi connectivity index (χ0n) is 11.6. The van der Waals surface area contributed by atoms with Crippen LogP contribution in [0.3, 0.4) is 0 Å². The fraction of sp³-hybridized carbons (Fsp3) is 0.429. The van der Waals surface area contributed by atoms with Crippen LogP contribution in [-0.2, 0) is 9.53 Å². The molecular formula is C14H20N2O3. The van der Waals surface area contributed by atoms with E-state index in [9.17, 15) is 9.59 Å². The molecule has 19 heavy (non-hydrogen) atoms. The molecular weight excluding hydrogens is 244 g/mol. The van der Waals surface area contributed by atoms with Crippen molar-refractivity contribution in [3.63, 3.8) is 0 Å². The molecule has 0 bridgehead atoms. The summed E-state index contributed by atoms with van der Waals surface area (Å²) in [7, 11) is 3.37. The topological polar surface area (TPSA) is 58.6 Å². The van der Waals surface area contributed by atoms with E-state index in [1.807, 2.05) is 25.1 Å². The molecule has 5 nitrogen and oxygen atoms in total. The highest BCUT2D eigenvalue weighted by atomic mass is 16.5. The predicted octanol–water partition coefficient (Wildman–Crippen LogP) is 1.01. The Morgan fingerprint density at radius 1 is 1.47 bits per heavy atom. The number of hydrogen-bond acceptors (Lipinski definition) is 4. The van der Waals surface area contributed by atoms with Crippen molar-refractivity contribution in [3.05, 3.63) is 29.3 Å². The molecule has 104 valence electrons. The van der Waals surface area contributed by atoms with Crippen molar-refractivity contribution in [3.8, 4) is 0 Å². The van der Waals surface area contributed by atoms with Crippen molar-refractivity contribution in [1.82, 2.24) is 5.32 Å². The second kappa shape index (κ2) is 7.53. The van der Waals surface area contributed by atoms with E-state index >= 15 is 0 Å². The second-order valence-corrected chi connectivity index (χ2v) is 4.38. The maximum absolute atomic E-state index is 11.7. The zero-order valence-corrected chi connectivity index (χ0v) is 11.6. The Morgan fingerprint density at radius 3 is 2.84 bits per heavy atom. The average molecular weight is 264 g/mol. The van der Waals surface area contributed by atoms with Crippen molar-refractivity contribution >= 4 is 17.9 Å². The van der Waals surface area contributed by atoms with Crippen LogP contribution < -0.4 is 10.2 Å². The van der Waals surface area contributed by atoms with Gasteiger partial charge in [-0.05, 0) is 19.1 Å². The molecule has 0 atom stereocenters. The first-order valence-electron chi connectivity index (χ1n) is 6.11. The van der Waals surface area contributed by atoms with Gasteiger partial charge < -0.3 is 15.0 Å². The Balaban J connectivity index is 2.64. The van der Waals surface area contributed by atoms with Crippen LogP contribution >= 0.6 is 0 Å². The number of carbonyl (C=O) groups is 2. The van der Waals surface area contributed by atoms with Gasteiger partial charge in [0.1, 0.15) is 0 Å². The molecule has 0 unspecified atom stereocenters. The van der Waals surface area contributed by atoms with Gasteiger partial charge in [0, 0.05) is 32.0 Å². The van der Waals surface area contributed by atoms with E-state index < -0.39 is 0 Å². The van der Waals surface area contributed by atoms with Gasteiger partial charge >= 0.3 is 0 Å². The number of nitrogens with zero attached hydrogens (tertiary/aromatic N) is 1. The maximum atomic E-state index is 11.7. The molecule has 0 saturated heterocycles. The lowest BCUT2D eigenvalue weighted by Gasteiger charge is -2.20. The molecule has 1 aromatic rings. The van der Waals surface area contributed by atoms with Gasteiger partial charge in [0.2, 0.25) is 5.91 Å². The van der Waals surface area contributed by atoms with Gasteiger partial charge in [0.05, 0.1) is 13.2 Å². The van der Waals surface area contributed by atoms with Gasteiger partial charge in [-0.1, -0.05) is 11.6 Å². The van der Waals surface area contributed by atoms with E-state index in [0.29, 0.717) is 18.7 Å². The molecule has 0 heterocycles. The summed E-state index contributed by atoms with van der Waals surface area (Å²) in [4.78, 5) is 24.5. The number of aryl methyl sites for hydroxylation is 1. The number of hydrogen-bond donors (Lipinski definition) is 1. The number of methoxy groups -OCH3 is 1. The number of amides is 1. The minimum Gasteiger partial charge on any atom is -0.383 e. The molecule has 1 N–H and O–H groups in total. The SMILES string of the molecule is COCCNC(=O)CN(C)c1ccc(C)cc1C=O. The van der Waals surface area contributed by atoms with Gasteiger partial charge in [-0.25, -0.2) is 0 Å². The fourth-order valence-corrected chi connectivity index (χ4v) is 1.76. The summed E-state index contributed by atoms with van der Waals surface area (Å²) in [6.45, 7) is 3.10. The molecule has 5 heteroatoms. The highest BCUT2D eigenvalue weighted by Gasteiger charge is 2.10. The van der Waals surface area contributed by atoms with E-state index in [-0.39, 0.29) is 12.5 Å². The third-order valence-electron chi connectivity index (χ3n) is 2.73. The lowest BCUT2D eigenvalue weighted by atomic mass is 10.1. The van der Waals surface area contributed by atoms with Crippen LogP contribution in [0, 0.1) is 6.92 Å². The van der Waals surface area contributed by atoms with Gasteiger partial charge in [0.25, 0.3) is 0 Å². The Hall–Kier alpha value is -1.88. The predicted molar refractivity (Wildman–Crippen MR) is 74.7 cm³/mol. The quantitative estimate of drug-likeness (QED) is 0.590. The number of benzene rings is 1. The third-order valence-corrected chi connectivity index (χ3v) is 2.73. The molecule has 0 saturated carbocycles. The molecule has 0 aliphatic carbocycles. The van der Waals surface area contributed by atoms with Crippen LogP contribution in [0.25, 0.3) is 0 Å². The maximum Gasteiger partial charge on any atom is 0.239 e. The van der Waals surface area contributed by atoms with Crippen molar-refractivity contribution in [1.29, 1.82) is 0 Å². The van der Waals surface area contributed by atoms with E-state index in [1.165, 1.54) is 0 Å². The summed E-state index contributed by atoms with van der Waals surface area (Å²) >= 11 is 0. The largest absolute Gasteiger partial charge is 0.383 e. The van der Waals surface area contributed by atoms with Gasteiger partial charge in [-0.2, -0.15) is 0 Å². The molecule has 0 fully saturated rings. The Labute approximate surface area is 113 Å². The first-order valence-corrected chi connectivity index (χ1v) is 6.11. The van der Waals surface area contributed by atoms with Crippen LogP contribution in [0.5, 0.6) is 0 Å². The second-order valence-electron chi connectivity index (χ2n) is 4.38. The summed E-state index contributed by atoms with van der Waals surface area (Å²) < 4.78 is 4.86. The molecule has 0 radical (unpaired) electrons. The lowest BCUT2D eigenvalue weighted by molar-refractivity contribution is -0.119. The van der Waals surface area contributed by atoms with Crippen molar-refractivity contribution in [2.75, 3.05) is 38.8 Å². The van der Waals surface area contributed by atoms with Gasteiger partial charge in [-0.15, -0.1) is 0 Å². The van der Waals surface area contributed by atoms with E-state index in [4.69, 9.17) is 4.74 Å². The summed E-state index contributed by atoms with van der Waals surface area (Å²) in [6, 6.07) is 5.57. The molecule has 0 aliphatic heterocycles. The average Bonchev–Trinajstić information content (AvgIpc) is 2.38. The van der Waals surface area contributed by atoms with Crippen molar-refractivity contribution in [2.45, 2.75) is 6.92 Å². The van der Waals surface area contributed by atoms with Crippen LogP contribution in [0.2, 0.25) is 0 Å². The Morgan fingerprint density at radius 2 is 2.21 bits per heavy atom. The zero-order chi connectivity index (χ0) is 14.3. The first kappa shape index (κ1) is 15.2. The lowest BCUT2D eigenvalue weighted by Crippen LogP contribution is -2.37. The summed E-state index contributed by atoms with van der Waals surface area (Å²) in [6.07, 6.45) is 0.807. The molecule has 1 aromatic carbocycles. The van der Waals surface area contributed by atoms with Crippen LogP contribution in [0.15, 0.2) is 18.2 Å². The summed E-state index contributed by atoms with van der Waals surface area (Å²) in [5.74, 6) is -0.100. The monoisotopic (exact) mass is 264 g/mol. The number of nitrogens with one attached hydrogen (secondary N) is 1. The molecule has 0 aromatic heterocycles. The number of ether oxygens (including phenoxy) is 1. The minimum atomic E-state index is -0.100. The van der Waals surface area contributed by atoms with E-state index in [2.05, 4.69) is 5.32 Å². The molecule has 0 spiro atoms. The molecule has 0 aliphatic rings. The Bertz CT molecular complexity index is 446. The number of rotatable bonds is 7. The van der Waals surface area contributed by atoms with Gasteiger partial charge in [-0.3, -0.25) is 9.59 Å².